The van der Waals surface area contributed by atoms with E-state index in [1.54, 1.807) is 41.5 Å². The van der Waals surface area contributed by atoms with E-state index in [-0.39, 0.29) is 18.7 Å². The molecule has 0 aromatic carbocycles. The molecule has 1 saturated heterocycles. The fraction of sp³-hybridized carbons (Fsp3) is 0.800. The number of amides is 2. The number of likely N-dealkylation sites (tertiary alicyclic amines) is 1. The van der Waals surface area contributed by atoms with Gasteiger partial charge in [-0.3, -0.25) is 9.59 Å². The van der Waals surface area contributed by atoms with Gasteiger partial charge in [0, 0.05) is 6.42 Å². The predicted octanol–water partition coefficient (Wildman–Crippen LogP) is 2.64. The predicted molar refractivity (Wildman–Crippen MR) is 76.6 cm³/mol. The van der Waals surface area contributed by atoms with Crippen molar-refractivity contribution in [2.45, 2.75) is 78.0 Å². The number of ether oxygens (including phenoxy) is 2. The summed E-state index contributed by atoms with van der Waals surface area (Å²) in [6, 6.07) is -0.484. The molecule has 6 nitrogen and oxygen atoms in total. The van der Waals surface area contributed by atoms with Gasteiger partial charge in [0.15, 0.2) is 0 Å². The van der Waals surface area contributed by atoms with Crippen LogP contribution in [0.4, 0.5) is 4.79 Å². The number of imide groups is 1. The summed E-state index contributed by atoms with van der Waals surface area (Å²) in [6.45, 7) is 10.5. The normalized spacial score (nSPS) is 19.6. The van der Waals surface area contributed by atoms with Crippen molar-refractivity contribution >= 4 is 18.0 Å². The standard InChI is InChI=1S/C15H25NO5/c1-14(2,3)20-12(18)9-10-7-8-11(17)16(10)13(19)21-15(4,5)6/h10H,7-9H2,1-6H3. The van der Waals surface area contributed by atoms with E-state index in [0.717, 1.165) is 4.90 Å². The topological polar surface area (TPSA) is 72.9 Å². The first-order chi connectivity index (χ1) is 9.39. The van der Waals surface area contributed by atoms with Crippen molar-refractivity contribution in [3.8, 4) is 0 Å². The zero-order chi connectivity index (χ0) is 16.4. The average molecular weight is 299 g/mol. The van der Waals surface area contributed by atoms with Gasteiger partial charge in [-0.1, -0.05) is 0 Å². The van der Waals surface area contributed by atoms with E-state index < -0.39 is 29.3 Å². The van der Waals surface area contributed by atoms with Gasteiger partial charge in [-0.25, -0.2) is 9.69 Å². The van der Waals surface area contributed by atoms with E-state index in [9.17, 15) is 14.4 Å². The fourth-order valence-electron chi connectivity index (χ4n) is 2.07. The highest BCUT2D eigenvalue weighted by molar-refractivity contribution is 5.94. The van der Waals surface area contributed by atoms with Crippen LogP contribution in [0.25, 0.3) is 0 Å². The Hall–Kier alpha value is -1.59. The third-order valence-electron chi connectivity index (χ3n) is 2.74. The van der Waals surface area contributed by atoms with Crippen LogP contribution in [0.5, 0.6) is 0 Å². The Kier molecular flexibility index (Phi) is 5.02. The van der Waals surface area contributed by atoms with E-state index >= 15 is 0 Å². The molecule has 1 aliphatic heterocycles. The van der Waals surface area contributed by atoms with Crippen LogP contribution < -0.4 is 0 Å². The van der Waals surface area contributed by atoms with E-state index in [2.05, 4.69) is 0 Å². The number of hydrogen-bond donors (Lipinski definition) is 0. The molecule has 0 spiro atoms. The summed E-state index contributed by atoms with van der Waals surface area (Å²) in [4.78, 5) is 36.8. The van der Waals surface area contributed by atoms with Crippen molar-refractivity contribution in [3.63, 3.8) is 0 Å². The first-order valence-electron chi connectivity index (χ1n) is 7.16. The van der Waals surface area contributed by atoms with E-state index in [1.165, 1.54) is 0 Å². The van der Waals surface area contributed by atoms with E-state index in [4.69, 9.17) is 9.47 Å². The molecule has 1 heterocycles. The molecule has 1 atom stereocenters. The molecule has 120 valence electrons. The lowest BCUT2D eigenvalue weighted by atomic mass is 10.1. The molecule has 1 rings (SSSR count). The van der Waals surface area contributed by atoms with Crippen LogP contribution >= 0.6 is 0 Å². The molecule has 1 aliphatic rings. The summed E-state index contributed by atoms with van der Waals surface area (Å²) >= 11 is 0. The maximum absolute atomic E-state index is 12.1. The third-order valence-corrected chi connectivity index (χ3v) is 2.74. The Morgan fingerprint density at radius 3 is 2.10 bits per heavy atom. The minimum absolute atomic E-state index is 0.00223. The lowest BCUT2D eigenvalue weighted by Crippen LogP contribution is -2.43. The van der Waals surface area contributed by atoms with Gasteiger partial charge in [-0.2, -0.15) is 0 Å². The SMILES string of the molecule is CC(C)(C)OC(=O)CC1CCC(=O)N1C(=O)OC(C)(C)C. The lowest BCUT2D eigenvalue weighted by Gasteiger charge is -2.27. The molecule has 0 aromatic heterocycles. The average Bonchev–Trinajstić information content (AvgIpc) is 2.53. The molecular formula is C15H25NO5. The van der Waals surface area contributed by atoms with Crippen LogP contribution in [0.1, 0.15) is 60.8 Å². The van der Waals surface area contributed by atoms with Crippen LogP contribution in [0.15, 0.2) is 0 Å². The quantitative estimate of drug-likeness (QED) is 0.733. The Morgan fingerprint density at radius 2 is 1.62 bits per heavy atom. The summed E-state index contributed by atoms with van der Waals surface area (Å²) in [5, 5.41) is 0. The first-order valence-corrected chi connectivity index (χ1v) is 7.16. The number of esters is 1. The number of carbonyl (C=O) groups is 3. The molecular weight excluding hydrogens is 274 g/mol. The van der Waals surface area contributed by atoms with Crippen LogP contribution in [-0.2, 0) is 19.1 Å². The van der Waals surface area contributed by atoms with Crippen molar-refractivity contribution in [2.24, 2.45) is 0 Å². The zero-order valence-corrected chi connectivity index (χ0v) is 13.7. The van der Waals surface area contributed by atoms with Crippen molar-refractivity contribution < 1.29 is 23.9 Å². The lowest BCUT2D eigenvalue weighted by molar-refractivity contribution is -0.156. The second-order valence-corrected chi connectivity index (χ2v) is 7.23. The molecule has 0 aromatic rings. The Morgan fingerprint density at radius 1 is 1.10 bits per heavy atom. The number of rotatable bonds is 2. The van der Waals surface area contributed by atoms with Gasteiger partial charge in [0.1, 0.15) is 11.2 Å². The van der Waals surface area contributed by atoms with E-state index in [0.29, 0.717) is 6.42 Å². The van der Waals surface area contributed by atoms with Gasteiger partial charge in [0.2, 0.25) is 5.91 Å². The summed E-state index contributed by atoms with van der Waals surface area (Å²) in [7, 11) is 0. The van der Waals surface area contributed by atoms with Crippen molar-refractivity contribution in [2.75, 3.05) is 0 Å². The number of carbonyl (C=O) groups excluding carboxylic acids is 3. The molecule has 1 fully saturated rings. The Balaban J connectivity index is 2.71. The van der Waals surface area contributed by atoms with Gasteiger partial charge in [-0.15, -0.1) is 0 Å². The van der Waals surface area contributed by atoms with Crippen LogP contribution in [0.2, 0.25) is 0 Å². The fourth-order valence-corrected chi connectivity index (χ4v) is 2.07. The minimum atomic E-state index is -0.696. The van der Waals surface area contributed by atoms with Crippen molar-refractivity contribution in [3.05, 3.63) is 0 Å². The molecule has 0 N–H and O–H groups in total. The molecule has 21 heavy (non-hydrogen) atoms. The van der Waals surface area contributed by atoms with Gasteiger partial charge in [0.25, 0.3) is 0 Å². The second-order valence-electron chi connectivity index (χ2n) is 7.23. The minimum Gasteiger partial charge on any atom is -0.460 e. The van der Waals surface area contributed by atoms with E-state index in [1.807, 2.05) is 0 Å². The molecule has 6 heteroatoms. The summed E-state index contributed by atoms with van der Waals surface area (Å²) in [6.07, 6.45) is 0.00489. The van der Waals surface area contributed by atoms with Gasteiger partial charge in [-0.05, 0) is 48.0 Å². The highest BCUT2D eigenvalue weighted by Gasteiger charge is 2.40. The molecule has 0 radical (unpaired) electrons. The van der Waals surface area contributed by atoms with Crippen LogP contribution in [0, 0.1) is 0 Å². The summed E-state index contributed by atoms with van der Waals surface area (Å²) in [5.74, 6) is -0.728. The van der Waals surface area contributed by atoms with Crippen LogP contribution in [-0.4, -0.2) is 40.1 Å². The smallest absolute Gasteiger partial charge is 0.417 e. The van der Waals surface area contributed by atoms with Crippen molar-refractivity contribution in [1.29, 1.82) is 0 Å². The molecule has 2 amide bonds. The largest absolute Gasteiger partial charge is 0.460 e. The maximum atomic E-state index is 12.1. The number of hydrogen-bond acceptors (Lipinski definition) is 5. The molecule has 0 aliphatic carbocycles. The number of nitrogens with zero attached hydrogens (tertiary/aromatic N) is 1. The Labute approximate surface area is 125 Å². The highest BCUT2D eigenvalue weighted by atomic mass is 16.6. The highest BCUT2D eigenvalue weighted by Crippen LogP contribution is 2.25. The van der Waals surface area contributed by atoms with Gasteiger partial charge >= 0.3 is 12.1 Å². The van der Waals surface area contributed by atoms with Gasteiger partial charge in [0.05, 0.1) is 12.5 Å². The zero-order valence-electron chi connectivity index (χ0n) is 13.7. The summed E-state index contributed by atoms with van der Waals surface area (Å²) < 4.78 is 10.5. The summed E-state index contributed by atoms with van der Waals surface area (Å²) in [5.41, 5.74) is -1.27. The maximum Gasteiger partial charge on any atom is 0.417 e. The Bertz CT molecular complexity index is 430. The first kappa shape index (κ1) is 17.5. The van der Waals surface area contributed by atoms with Crippen LogP contribution in [0.3, 0.4) is 0 Å². The molecule has 0 saturated carbocycles. The molecule has 1 unspecified atom stereocenters. The second kappa shape index (κ2) is 6.03. The van der Waals surface area contributed by atoms with Gasteiger partial charge < -0.3 is 9.47 Å². The third kappa shape index (κ3) is 5.73. The molecule has 0 bridgehead atoms. The monoisotopic (exact) mass is 299 g/mol. The van der Waals surface area contributed by atoms with Crippen molar-refractivity contribution in [1.82, 2.24) is 4.90 Å².